The lowest BCUT2D eigenvalue weighted by atomic mass is 9.99. The van der Waals surface area contributed by atoms with Crippen LogP contribution < -0.4 is 0 Å². The fourth-order valence-corrected chi connectivity index (χ4v) is 2.38. The molecule has 0 amide bonds. The van der Waals surface area contributed by atoms with Gasteiger partial charge in [-0.25, -0.2) is 0 Å². The van der Waals surface area contributed by atoms with E-state index in [2.05, 4.69) is 13.8 Å². The monoisotopic (exact) mass is 222 g/mol. The van der Waals surface area contributed by atoms with Crippen molar-refractivity contribution >= 4 is 0 Å². The van der Waals surface area contributed by atoms with Crippen LogP contribution >= 0.6 is 0 Å². The van der Waals surface area contributed by atoms with E-state index in [1.807, 2.05) is 0 Å². The van der Waals surface area contributed by atoms with Gasteiger partial charge in [0.25, 0.3) is 0 Å². The van der Waals surface area contributed by atoms with E-state index in [1.165, 1.54) is 36.8 Å². The Morgan fingerprint density at radius 3 is 1.38 bits per heavy atom. The average molecular weight is 222 g/mol. The van der Waals surface area contributed by atoms with E-state index >= 15 is 0 Å². The topological polar surface area (TPSA) is 18.5 Å². The molecule has 0 heterocycles. The number of rotatable bonds is 3. The molecule has 0 fully saturated rings. The van der Waals surface area contributed by atoms with Gasteiger partial charge in [0, 0.05) is 12.8 Å². The molecule has 2 aliphatic rings. The van der Waals surface area contributed by atoms with Gasteiger partial charge in [-0.1, -0.05) is 0 Å². The van der Waals surface area contributed by atoms with E-state index < -0.39 is 0 Å². The van der Waals surface area contributed by atoms with Crippen LogP contribution in [-0.4, -0.2) is 0 Å². The Bertz CT molecular complexity index is 281. The van der Waals surface area contributed by atoms with Crippen molar-refractivity contribution in [1.82, 2.24) is 0 Å². The predicted octanol–water partition coefficient (Wildman–Crippen LogP) is 4.63. The first-order valence-corrected chi connectivity index (χ1v) is 6.49. The van der Waals surface area contributed by atoms with Crippen molar-refractivity contribution in [1.29, 1.82) is 0 Å². The quantitative estimate of drug-likeness (QED) is 0.512. The summed E-state index contributed by atoms with van der Waals surface area (Å²) in [5, 5.41) is 0. The zero-order chi connectivity index (χ0) is 11.4. The molecule has 0 saturated heterocycles. The highest BCUT2D eigenvalue weighted by molar-refractivity contribution is 5.10. The Hall–Kier alpha value is -0.920. The molecule has 0 aromatic rings. The molecule has 2 heteroatoms. The molecule has 0 saturated carbocycles. The summed E-state index contributed by atoms with van der Waals surface area (Å²) in [6, 6.07) is 0. The van der Waals surface area contributed by atoms with E-state index in [-0.39, 0.29) is 0 Å². The molecule has 0 bridgehead atoms. The summed E-state index contributed by atoms with van der Waals surface area (Å²) in [6.07, 6.45) is 9.45. The SMILES string of the molecule is CC1=C(OOC2=C(C)CCCC2)CCCC1. The van der Waals surface area contributed by atoms with Gasteiger partial charge >= 0.3 is 0 Å². The zero-order valence-electron chi connectivity index (χ0n) is 10.5. The average Bonchev–Trinajstić information content (AvgIpc) is 2.30. The van der Waals surface area contributed by atoms with Gasteiger partial charge in [0.05, 0.1) is 0 Å². The summed E-state index contributed by atoms with van der Waals surface area (Å²) in [4.78, 5) is 11.1. The van der Waals surface area contributed by atoms with Crippen molar-refractivity contribution in [2.75, 3.05) is 0 Å². The van der Waals surface area contributed by atoms with Gasteiger partial charge in [-0.05, 0) is 63.5 Å². The van der Waals surface area contributed by atoms with Crippen molar-refractivity contribution in [2.24, 2.45) is 0 Å². The van der Waals surface area contributed by atoms with Gasteiger partial charge < -0.3 is 0 Å². The molecule has 0 N–H and O–H groups in total. The van der Waals surface area contributed by atoms with Crippen LogP contribution in [0.1, 0.15) is 65.2 Å². The van der Waals surface area contributed by atoms with Crippen LogP contribution in [0.5, 0.6) is 0 Å². The van der Waals surface area contributed by atoms with Crippen LogP contribution in [0.4, 0.5) is 0 Å². The van der Waals surface area contributed by atoms with Gasteiger partial charge in [-0.2, -0.15) is 0 Å². The highest BCUT2D eigenvalue weighted by atomic mass is 17.2. The second-order valence-electron chi connectivity index (χ2n) is 4.99. The minimum Gasteiger partial charge on any atom is -0.295 e. The molecule has 0 aromatic heterocycles. The second-order valence-corrected chi connectivity index (χ2v) is 4.99. The summed E-state index contributed by atoms with van der Waals surface area (Å²) in [5.74, 6) is 2.13. The van der Waals surface area contributed by atoms with Crippen molar-refractivity contribution in [3.63, 3.8) is 0 Å². The van der Waals surface area contributed by atoms with Crippen LogP contribution in [0.2, 0.25) is 0 Å². The van der Waals surface area contributed by atoms with Crippen molar-refractivity contribution < 1.29 is 9.78 Å². The van der Waals surface area contributed by atoms with Crippen LogP contribution in [0.15, 0.2) is 22.7 Å². The van der Waals surface area contributed by atoms with Crippen LogP contribution in [0.25, 0.3) is 0 Å². The zero-order valence-corrected chi connectivity index (χ0v) is 10.5. The molecule has 2 nitrogen and oxygen atoms in total. The minimum atomic E-state index is 1.04. The molecular formula is C14H22O2. The molecule has 0 radical (unpaired) electrons. The summed E-state index contributed by atoms with van der Waals surface area (Å²) >= 11 is 0. The van der Waals surface area contributed by atoms with E-state index in [1.54, 1.807) is 0 Å². The molecule has 0 aromatic carbocycles. The fourth-order valence-electron chi connectivity index (χ4n) is 2.38. The van der Waals surface area contributed by atoms with Gasteiger partial charge in [-0.3, -0.25) is 9.78 Å². The fraction of sp³-hybridized carbons (Fsp3) is 0.714. The number of hydrogen-bond acceptors (Lipinski definition) is 2. The first-order chi connectivity index (χ1) is 7.77. The maximum Gasteiger partial charge on any atom is 0.154 e. The molecule has 16 heavy (non-hydrogen) atoms. The van der Waals surface area contributed by atoms with Crippen LogP contribution in [-0.2, 0) is 9.78 Å². The molecule has 0 aliphatic heterocycles. The van der Waals surface area contributed by atoms with Crippen molar-refractivity contribution in [3.05, 3.63) is 22.7 Å². The molecule has 90 valence electrons. The molecule has 2 aliphatic carbocycles. The molecule has 2 rings (SSSR count). The van der Waals surface area contributed by atoms with Crippen LogP contribution in [0.3, 0.4) is 0 Å². The lowest BCUT2D eigenvalue weighted by Crippen LogP contribution is -2.06. The third-order valence-corrected chi connectivity index (χ3v) is 3.61. The van der Waals surface area contributed by atoms with Gasteiger partial charge in [0.15, 0.2) is 11.5 Å². The minimum absolute atomic E-state index is 1.04. The third-order valence-electron chi connectivity index (χ3n) is 3.61. The summed E-state index contributed by atoms with van der Waals surface area (Å²) < 4.78 is 0. The van der Waals surface area contributed by atoms with E-state index in [4.69, 9.17) is 9.78 Å². The Balaban J connectivity index is 1.91. The number of allylic oxidation sites excluding steroid dienone is 4. The lowest BCUT2D eigenvalue weighted by molar-refractivity contribution is -0.234. The standard InChI is InChI=1S/C14H22O2/c1-11-7-3-5-9-13(11)15-16-14-10-6-4-8-12(14)2/h3-10H2,1-2H3. The summed E-state index contributed by atoms with van der Waals surface area (Å²) in [7, 11) is 0. The predicted molar refractivity (Wildman–Crippen MR) is 64.5 cm³/mol. The maximum atomic E-state index is 5.53. The third kappa shape index (κ3) is 2.81. The first kappa shape index (κ1) is 11.6. The number of hydrogen-bond donors (Lipinski definition) is 0. The van der Waals surface area contributed by atoms with Crippen molar-refractivity contribution in [2.45, 2.75) is 65.2 Å². The largest absolute Gasteiger partial charge is 0.295 e. The maximum absolute atomic E-state index is 5.53. The summed E-state index contributed by atoms with van der Waals surface area (Å²) in [6.45, 7) is 4.31. The highest BCUT2D eigenvalue weighted by Crippen LogP contribution is 2.29. The van der Waals surface area contributed by atoms with Gasteiger partial charge in [0.1, 0.15) is 0 Å². The summed E-state index contributed by atoms with van der Waals surface area (Å²) in [5.41, 5.74) is 2.72. The second kappa shape index (κ2) is 5.42. The van der Waals surface area contributed by atoms with E-state index in [0.29, 0.717) is 0 Å². The van der Waals surface area contributed by atoms with Gasteiger partial charge in [-0.15, -0.1) is 0 Å². The van der Waals surface area contributed by atoms with Crippen molar-refractivity contribution in [3.8, 4) is 0 Å². The molecule has 0 atom stereocenters. The smallest absolute Gasteiger partial charge is 0.154 e. The normalized spacial score (nSPS) is 22.4. The molecule has 0 spiro atoms. The van der Waals surface area contributed by atoms with E-state index in [0.717, 1.165) is 37.2 Å². The van der Waals surface area contributed by atoms with E-state index in [9.17, 15) is 0 Å². The first-order valence-electron chi connectivity index (χ1n) is 6.49. The van der Waals surface area contributed by atoms with Gasteiger partial charge in [0.2, 0.25) is 0 Å². The Morgan fingerprint density at radius 2 is 1.00 bits per heavy atom. The Morgan fingerprint density at radius 1 is 0.625 bits per heavy atom. The van der Waals surface area contributed by atoms with Crippen LogP contribution in [0, 0.1) is 0 Å². The lowest BCUT2D eigenvalue weighted by Gasteiger charge is -2.20. The molecule has 0 unspecified atom stereocenters. The molecular weight excluding hydrogens is 200 g/mol. The highest BCUT2D eigenvalue weighted by Gasteiger charge is 2.15. The Labute approximate surface area is 98.2 Å². The Kier molecular flexibility index (Phi) is 3.92.